The number of piperidine rings is 1. The molecule has 2 fully saturated rings. The summed E-state index contributed by atoms with van der Waals surface area (Å²) in [4.78, 5) is 26.0. The fraction of sp³-hybridized carbons (Fsp3) is 0.500. The van der Waals surface area contributed by atoms with Crippen molar-refractivity contribution in [1.29, 1.82) is 0 Å². The number of carbonyl (C=O) groups is 2. The minimum atomic E-state index is -0.861. The second-order valence-corrected chi connectivity index (χ2v) is 5.73. The van der Waals surface area contributed by atoms with E-state index in [1.807, 2.05) is 42.2 Å². The smallest absolute Gasteiger partial charge is 0.230 e. The average Bonchev–Trinajstić information content (AvgIpc) is 2.95. The minimum Gasteiger partial charge on any atom is -0.361 e. The van der Waals surface area contributed by atoms with Gasteiger partial charge in [0.25, 0.3) is 0 Å². The van der Waals surface area contributed by atoms with Gasteiger partial charge in [0.1, 0.15) is 5.60 Å². The van der Waals surface area contributed by atoms with E-state index >= 15 is 0 Å². The topological polar surface area (TPSA) is 46.6 Å². The van der Waals surface area contributed by atoms with Crippen LogP contribution in [0.1, 0.15) is 31.7 Å². The molecule has 2 saturated heterocycles. The van der Waals surface area contributed by atoms with Crippen molar-refractivity contribution in [1.82, 2.24) is 4.90 Å². The largest absolute Gasteiger partial charge is 0.361 e. The van der Waals surface area contributed by atoms with Crippen LogP contribution >= 0.6 is 0 Å². The zero-order chi connectivity index (χ0) is 14.2. The van der Waals surface area contributed by atoms with E-state index in [2.05, 4.69) is 0 Å². The first-order valence-corrected chi connectivity index (χ1v) is 7.12. The fourth-order valence-electron chi connectivity index (χ4n) is 3.22. The van der Waals surface area contributed by atoms with Gasteiger partial charge in [0.2, 0.25) is 5.91 Å². The zero-order valence-corrected chi connectivity index (χ0v) is 11.7. The van der Waals surface area contributed by atoms with Crippen molar-refractivity contribution >= 4 is 11.7 Å². The average molecular weight is 273 g/mol. The Hall–Kier alpha value is -1.68. The van der Waals surface area contributed by atoms with Gasteiger partial charge in [-0.3, -0.25) is 9.59 Å². The summed E-state index contributed by atoms with van der Waals surface area (Å²) in [5.74, 6) is -0.125. The lowest BCUT2D eigenvalue weighted by molar-refractivity contribution is -0.169. The predicted molar refractivity (Wildman–Crippen MR) is 74.0 cm³/mol. The first kappa shape index (κ1) is 13.3. The Kier molecular flexibility index (Phi) is 3.34. The van der Waals surface area contributed by atoms with Gasteiger partial charge in [0.15, 0.2) is 5.78 Å². The summed E-state index contributed by atoms with van der Waals surface area (Å²) in [7, 11) is 0. The number of hydrogen-bond acceptors (Lipinski definition) is 3. The first-order chi connectivity index (χ1) is 9.61. The van der Waals surface area contributed by atoms with Crippen molar-refractivity contribution in [2.45, 2.75) is 44.4 Å². The van der Waals surface area contributed by atoms with Crippen molar-refractivity contribution in [3.63, 3.8) is 0 Å². The van der Waals surface area contributed by atoms with Crippen molar-refractivity contribution in [3.05, 3.63) is 35.9 Å². The Morgan fingerprint density at radius 2 is 2.05 bits per heavy atom. The molecule has 1 amide bonds. The predicted octanol–water partition coefficient (Wildman–Crippen LogP) is 1.93. The molecule has 0 spiro atoms. The van der Waals surface area contributed by atoms with Crippen LogP contribution in [0.15, 0.2) is 30.3 Å². The summed E-state index contributed by atoms with van der Waals surface area (Å²) < 4.78 is 5.99. The number of hydrogen-bond donors (Lipinski definition) is 0. The Morgan fingerprint density at radius 1 is 1.30 bits per heavy atom. The van der Waals surface area contributed by atoms with Gasteiger partial charge in [-0.15, -0.1) is 0 Å². The molecular weight excluding hydrogens is 254 g/mol. The highest BCUT2D eigenvalue weighted by atomic mass is 16.5. The van der Waals surface area contributed by atoms with Gasteiger partial charge >= 0.3 is 0 Å². The SMILES string of the molecule is C[C@]1(OCc2ccccc2)C(=O)CC(=O)N2CCC[C@H]21. The molecule has 2 aliphatic heterocycles. The van der Waals surface area contributed by atoms with Crippen LogP contribution in [-0.2, 0) is 20.9 Å². The number of rotatable bonds is 3. The second-order valence-electron chi connectivity index (χ2n) is 5.73. The number of carbonyl (C=O) groups excluding carboxylic acids is 2. The quantitative estimate of drug-likeness (QED) is 0.791. The second kappa shape index (κ2) is 5.02. The maximum Gasteiger partial charge on any atom is 0.230 e. The normalized spacial score (nSPS) is 29.6. The highest BCUT2D eigenvalue weighted by molar-refractivity contribution is 6.05. The van der Waals surface area contributed by atoms with Gasteiger partial charge in [-0.05, 0) is 25.3 Å². The Morgan fingerprint density at radius 3 is 2.80 bits per heavy atom. The van der Waals surface area contributed by atoms with E-state index in [9.17, 15) is 9.59 Å². The highest BCUT2D eigenvalue weighted by Gasteiger charge is 2.52. The Bertz CT molecular complexity index is 528. The lowest BCUT2D eigenvalue weighted by Crippen LogP contribution is -2.61. The summed E-state index contributed by atoms with van der Waals surface area (Å²) in [6, 6.07) is 9.72. The van der Waals surface area contributed by atoms with Gasteiger partial charge in [-0.2, -0.15) is 0 Å². The minimum absolute atomic E-state index is 0.0260. The number of ketones is 1. The van der Waals surface area contributed by atoms with Crippen LogP contribution in [0.2, 0.25) is 0 Å². The van der Waals surface area contributed by atoms with Gasteiger partial charge in [0, 0.05) is 6.54 Å². The molecule has 0 N–H and O–H groups in total. The highest BCUT2D eigenvalue weighted by Crippen LogP contribution is 2.36. The van der Waals surface area contributed by atoms with Gasteiger partial charge in [-0.1, -0.05) is 30.3 Å². The zero-order valence-electron chi connectivity index (χ0n) is 11.7. The maximum atomic E-state index is 12.3. The molecule has 2 aliphatic rings. The van der Waals surface area contributed by atoms with Crippen molar-refractivity contribution < 1.29 is 14.3 Å². The molecule has 1 aromatic carbocycles. The van der Waals surface area contributed by atoms with Gasteiger partial charge in [-0.25, -0.2) is 0 Å². The molecule has 0 aliphatic carbocycles. The van der Waals surface area contributed by atoms with Gasteiger partial charge < -0.3 is 9.64 Å². The molecule has 0 bridgehead atoms. The summed E-state index contributed by atoms with van der Waals surface area (Å²) in [5, 5.41) is 0. The van der Waals surface area contributed by atoms with Crippen LogP contribution in [0, 0.1) is 0 Å². The molecule has 4 heteroatoms. The molecule has 1 aromatic rings. The number of Topliss-reactive ketones (excluding diaryl/α,β-unsaturated/α-hetero) is 1. The molecule has 106 valence electrons. The molecule has 2 atom stereocenters. The van der Waals surface area contributed by atoms with E-state index < -0.39 is 5.60 Å². The number of nitrogens with zero attached hydrogens (tertiary/aromatic N) is 1. The Labute approximate surface area is 118 Å². The van der Waals surface area contributed by atoms with Crippen molar-refractivity contribution in [2.75, 3.05) is 6.54 Å². The monoisotopic (exact) mass is 273 g/mol. The van der Waals surface area contributed by atoms with Crippen molar-refractivity contribution in [2.24, 2.45) is 0 Å². The number of benzene rings is 1. The van der Waals surface area contributed by atoms with E-state index in [0.717, 1.165) is 24.9 Å². The molecule has 0 radical (unpaired) electrons. The molecule has 0 saturated carbocycles. The molecular formula is C16H19NO3. The number of ether oxygens (including phenoxy) is 1. The summed E-state index contributed by atoms with van der Waals surface area (Å²) >= 11 is 0. The van der Waals surface area contributed by atoms with Crippen LogP contribution in [0.4, 0.5) is 0 Å². The molecule has 0 unspecified atom stereocenters. The van der Waals surface area contributed by atoms with Crippen molar-refractivity contribution in [3.8, 4) is 0 Å². The lowest BCUT2D eigenvalue weighted by Gasteiger charge is -2.43. The van der Waals surface area contributed by atoms with Crippen LogP contribution in [-0.4, -0.2) is 34.8 Å². The van der Waals surface area contributed by atoms with E-state index in [1.165, 1.54) is 0 Å². The summed E-state index contributed by atoms with van der Waals surface area (Å²) in [6.07, 6.45) is 1.78. The molecule has 0 aromatic heterocycles. The van der Waals surface area contributed by atoms with E-state index in [1.54, 1.807) is 0 Å². The third kappa shape index (κ3) is 2.14. The van der Waals surface area contributed by atoms with E-state index in [0.29, 0.717) is 6.61 Å². The molecule has 3 rings (SSSR count). The van der Waals surface area contributed by atoms with E-state index in [4.69, 9.17) is 4.74 Å². The lowest BCUT2D eigenvalue weighted by atomic mass is 9.84. The van der Waals surface area contributed by atoms with Gasteiger partial charge in [0.05, 0.1) is 19.1 Å². The fourth-order valence-corrected chi connectivity index (χ4v) is 3.22. The van der Waals surface area contributed by atoms with E-state index in [-0.39, 0.29) is 24.2 Å². The number of fused-ring (bicyclic) bond motifs is 1. The van der Waals surface area contributed by atoms with Crippen LogP contribution in [0.3, 0.4) is 0 Å². The first-order valence-electron chi connectivity index (χ1n) is 7.12. The summed E-state index contributed by atoms with van der Waals surface area (Å²) in [5.41, 5.74) is 0.184. The standard InChI is InChI=1S/C16H19NO3/c1-16(20-11-12-6-3-2-4-7-12)13-8-5-9-17(13)15(19)10-14(16)18/h2-4,6-7,13H,5,8-11H2,1H3/t13-,16+/m0/s1. The number of amides is 1. The van der Waals surface area contributed by atoms with Crippen LogP contribution in [0.5, 0.6) is 0 Å². The van der Waals surface area contributed by atoms with Crippen LogP contribution < -0.4 is 0 Å². The molecule has 2 heterocycles. The molecule has 20 heavy (non-hydrogen) atoms. The third-order valence-corrected chi connectivity index (χ3v) is 4.46. The summed E-state index contributed by atoms with van der Waals surface area (Å²) in [6.45, 7) is 3.00. The third-order valence-electron chi connectivity index (χ3n) is 4.46. The Balaban J connectivity index is 1.78. The maximum absolute atomic E-state index is 12.3. The molecule has 4 nitrogen and oxygen atoms in total. The van der Waals surface area contributed by atoms with Crippen LogP contribution in [0.25, 0.3) is 0 Å².